The molecule has 1 fully saturated rings. The summed E-state index contributed by atoms with van der Waals surface area (Å²) < 4.78 is 0. The zero-order valence-corrected chi connectivity index (χ0v) is 11.8. The Kier molecular flexibility index (Phi) is 3.65. The first-order valence-electron chi connectivity index (χ1n) is 6.69. The van der Waals surface area contributed by atoms with Crippen LogP contribution in [0.1, 0.15) is 37.8 Å². The van der Waals surface area contributed by atoms with Crippen molar-refractivity contribution in [1.29, 1.82) is 0 Å². The van der Waals surface area contributed by atoms with E-state index in [1.807, 2.05) is 12.1 Å². The number of nitrogens with zero attached hydrogens (tertiary/aromatic N) is 1. The summed E-state index contributed by atoms with van der Waals surface area (Å²) in [4.78, 5) is 13.0. The van der Waals surface area contributed by atoms with Gasteiger partial charge in [-0.3, -0.25) is 0 Å². The van der Waals surface area contributed by atoms with Crippen molar-refractivity contribution in [3.05, 3.63) is 35.4 Å². The topological polar surface area (TPSA) is 40.5 Å². The fourth-order valence-corrected chi connectivity index (χ4v) is 2.81. The van der Waals surface area contributed by atoms with E-state index in [9.17, 15) is 4.79 Å². The van der Waals surface area contributed by atoms with Gasteiger partial charge >= 0.3 is 5.97 Å². The molecule has 2 rings (SSSR count). The summed E-state index contributed by atoms with van der Waals surface area (Å²) >= 11 is 0. The smallest absolute Gasteiger partial charge is 0.328 e. The van der Waals surface area contributed by atoms with Crippen LogP contribution in [0.2, 0.25) is 0 Å². The Morgan fingerprint density at radius 2 is 2.16 bits per heavy atom. The predicted molar refractivity (Wildman–Crippen MR) is 78.5 cm³/mol. The molecule has 102 valence electrons. The Labute approximate surface area is 114 Å². The molecule has 1 aromatic carbocycles. The van der Waals surface area contributed by atoms with Crippen molar-refractivity contribution in [3.8, 4) is 0 Å². The summed E-state index contributed by atoms with van der Waals surface area (Å²) in [6.07, 6.45) is 5.25. The third-order valence-corrected chi connectivity index (χ3v) is 3.83. The molecule has 1 N–H and O–H groups in total. The minimum absolute atomic E-state index is 0.211. The number of hydrogen-bond acceptors (Lipinski definition) is 2. The largest absolute Gasteiger partial charge is 0.478 e. The molecule has 0 radical (unpaired) electrons. The van der Waals surface area contributed by atoms with Gasteiger partial charge in [0.25, 0.3) is 0 Å². The predicted octanol–water partition coefficient (Wildman–Crippen LogP) is 3.47. The number of aliphatic carboxylic acids is 1. The van der Waals surface area contributed by atoms with Gasteiger partial charge in [0.15, 0.2) is 0 Å². The fourth-order valence-electron chi connectivity index (χ4n) is 2.81. The quantitative estimate of drug-likeness (QED) is 0.845. The Balaban J connectivity index is 2.27. The van der Waals surface area contributed by atoms with E-state index in [-0.39, 0.29) is 5.54 Å². The minimum Gasteiger partial charge on any atom is -0.478 e. The van der Waals surface area contributed by atoms with E-state index in [1.165, 1.54) is 30.2 Å². The molecule has 1 aliphatic heterocycles. The van der Waals surface area contributed by atoms with E-state index >= 15 is 0 Å². The van der Waals surface area contributed by atoms with Crippen molar-refractivity contribution in [2.24, 2.45) is 0 Å². The Hall–Kier alpha value is -1.77. The van der Waals surface area contributed by atoms with Crippen LogP contribution in [0.4, 0.5) is 5.69 Å². The normalized spacial score (nSPS) is 18.2. The Morgan fingerprint density at radius 1 is 1.42 bits per heavy atom. The molecule has 0 amide bonds. The molecule has 0 bridgehead atoms. The van der Waals surface area contributed by atoms with Crippen LogP contribution in [0.25, 0.3) is 6.08 Å². The fraction of sp³-hybridized carbons (Fsp3) is 0.438. The molecular weight excluding hydrogens is 238 g/mol. The lowest BCUT2D eigenvalue weighted by Crippen LogP contribution is -2.38. The molecule has 19 heavy (non-hydrogen) atoms. The lowest BCUT2D eigenvalue weighted by Gasteiger charge is -2.35. The van der Waals surface area contributed by atoms with E-state index in [0.717, 1.165) is 12.1 Å². The Bertz CT molecular complexity index is 517. The molecule has 0 unspecified atom stereocenters. The van der Waals surface area contributed by atoms with Crippen LogP contribution in [0, 0.1) is 6.92 Å². The highest BCUT2D eigenvalue weighted by atomic mass is 16.4. The van der Waals surface area contributed by atoms with E-state index in [2.05, 4.69) is 31.7 Å². The average Bonchev–Trinajstić information content (AvgIpc) is 2.66. The van der Waals surface area contributed by atoms with Gasteiger partial charge in [-0.25, -0.2) is 4.79 Å². The molecule has 0 spiro atoms. The standard InChI is InChI=1S/C16H21NO2/c1-12-11-13(6-8-15(18)19)5-7-14(12)17-10-4-9-16(17,2)3/h5-8,11H,4,9-10H2,1-3H3,(H,18,19). The highest BCUT2D eigenvalue weighted by Gasteiger charge is 2.32. The molecule has 3 nitrogen and oxygen atoms in total. The number of hydrogen-bond donors (Lipinski definition) is 1. The minimum atomic E-state index is -0.914. The van der Waals surface area contributed by atoms with Crippen molar-refractivity contribution >= 4 is 17.7 Å². The van der Waals surface area contributed by atoms with Gasteiger partial charge in [0.05, 0.1) is 0 Å². The van der Waals surface area contributed by atoms with Crippen LogP contribution >= 0.6 is 0 Å². The average molecular weight is 259 g/mol. The summed E-state index contributed by atoms with van der Waals surface area (Å²) in [5.74, 6) is -0.914. The van der Waals surface area contributed by atoms with E-state index in [1.54, 1.807) is 6.08 Å². The van der Waals surface area contributed by atoms with Crippen LogP contribution < -0.4 is 4.90 Å². The van der Waals surface area contributed by atoms with Crippen LogP contribution in [0.5, 0.6) is 0 Å². The molecule has 0 saturated carbocycles. The molecule has 1 heterocycles. The third kappa shape index (κ3) is 2.98. The second-order valence-corrected chi connectivity index (χ2v) is 5.79. The molecule has 0 atom stereocenters. The number of aryl methyl sites for hydroxylation is 1. The molecular formula is C16H21NO2. The van der Waals surface area contributed by atoms with Crippen molar-refractivity contribution in [1.82, 2.24) is 0 Å². The van der Waals surface area contributed by atoms with Gasteiger partial charge in [-0.05, 0) is 62.9 Å². The highest BCUT2D eigenvalue weighted by molar-refractivity contribution is 5.85. The van der Waals surface area contributed by atoms with Gasteiger partial charge in [0.1, 0.15) is 0 Å². The zero-order valence-electron chi connectivity index (χ0n) is 11.8. The lowest BCUT2D eigenvalue weighted by atomic mass is 10.00. The zero-order chi connectivity index (χ0) is 14.0. The second kappa shape index (κ2) is 5.08. The molecule has 3 heteroatoms. The van der Waals surface area contributed by atoms with Gasteiger partial charge in [0.2, 0.25) is 0 Å². The third-order valence-electron chi connectivity index (χ3n) is 3.83. The first kappa shape index (κ1) is 13.7. The van der Waals surface area contributed by atoms with Crippen molar-refractivity contribution in [2.45, 2.75) is 39.2 Å². The maximum Gasteiger partial charge on any atom is 0.328 e. The summed E-state index contributed by atoms with van der Waals surface area (Å²) in [5, 5.41) is 8.64. The van der Waals surface area contributed by atoms with Gasteiger partial charge in [0, 0.05) is 23.8 Å². The summed E-state index contributed by atoms with van der Waals surface area (Å²) in [7, 11) is 0. The first-order valence-corrected chi connectivity index (χ1v) is 6.69. The highest BCUT2D eigenvalue weighted by Crippen LogP contribution is 2.35. The van der Waals surface area contributed by atoms with Gasteiger partial charge in [-0.15, -0.1) is 0 Å². The van der Waals surface area contributed by atoms with E-state index in [0.29, 0.717) is 0 Å². The summed E-state index contributed by atoms with van der Waals surface area (Å²) in [6, 6.07) is 6.13. The lowest BCUT2D eigenvalue weighted by molar-refractivity contribution is -0.131. The number of benzene rings is 1. The summed E-state index contributed by atoms with van der Waals surface area (Å²) in [5.41, 5.74) is 3.60. The van der Waals surface area contributed by atoms with Crippen molar-refractivity contribution in [2.75, 3.05) is 11.4 Å². The van der Waals surface area contributed by atoms with Crippen LogP contribution in [-0.4, -0.2) is 23.2 Å². The van der Waals surface area contributed by atoms with Gasteiger partial charge in [-0.1, -0.05) is 6.07 Å². The van der Waals surface area contributed by atoms with Crippen molar-refractivity contribution in [3.63, 3.8) is 0 Å². The van der Waals surface area contributed by atoms with Crippen LogP contribution in [0.3, 0.4) is 0 Å². The Morgan fingerprint density at radius 3 is 2.68 bits per heavy atom. The second-order valence-electron chi connectivity index (χ2n) is 5.79. The molecule has 0 aliphatic carbocycles. The first-order chi connectivity index (χ1) is 8.90. The molecule has 1 aromatic rings. The number of carbonyl (C=O) groups is 1. The number of carboxylic acids is 1. The molecule has 0 aromatic heterocycles. The number of rotatable bonds is 3. The van der Waals surface area contributed by atoms with Crippen molar-refractivity contribution < 1.29 is 9.90 Å². The summed E-state index contributed by atoms with van der Waals surface area (Å²) in [6.45, 7) is 7.73. The maximum absolute atomic E-state index is 10.5. The SMILES string of the molecule is Cc1cc(C=CC(=O)O)ccc1N1CCCC1(C)C. The number of carboxylic acid groups (broad SMARTS) is 1. The number of anilines is 1. The van der Waals surface area contributed by atoms with Crippen LogP contribution in [0.15, 0.2) is 24.3 Å². The van der Waals surface area contributed by atoms with E-state index < -0.39 is 5.97 Å². The monoisotopic (exact) mass is 259 g/mol. The molecule has 1 aliphatic rings. The van der Waals surface area contributed by atoms with Crippen LogP contribution in [-0.2, 0) is 4.79 Å². The van der Waals surface area contributed by atoms with Gasteiger partial charge < -0.3 is 10.0 Å². The maximum atomic E-state index is 10.5. The molecule has 1 saturated heterocycles. The van der Waals surface area contributed by atoms with Gasteiger partial charge in [-0.2, -0.15) is 0 Å². The van der Waals surface area contributed by atoms with E-state index in [4.69, 9.17) is 5.11 Å².